The lowest BCUT2D eigenvalue weighted by Crippen LogP contribution is -2.45. The van der Waals surface area contributed by atoms with E-state index in [-0.39, 0.29) is 0 Å². The minimum atomic E-state index is -1.05. The van der Waals surface area contributed by atoms with Crippen molar-refractivity contribution in [2.75, 3.05) is 6.54 Å². The molecule has 206 valence electrons. The van der Waals surface area contributed by atoms with E-state index < -0.39 is 35.9 Å². The maximum atomic E-state index is 14.1. The highest BCUT2D eigenvalue weighted by atomic mass is 35.5. The van der Waals surface area contributed by atoms with E-state index in [2.05, 4.69) is 0 Å². The Morgan fingerprint density at radius 1 is 0.897 bits per heavy atom. The summed E-state index contributed by atoms with van der Waals surface area (Å²) < 4.78 is 5.66. The fourth-order valence-corrected chi connectivity index (χ4v) is 5.52. The van der Waals surface area contributed by atoms with E-state index in [1.54, 1.807) is 39.0 Å². The standard InChI is InChI=1S/C31H34Cl2N2O4/c1-31(2,3)39-30(38)35-28(26-23(32)15-10-16-24(26)33)34(20-19-22-13-8-5-9-14-22)27(29(35)37)25(36)18-17-21-11-6-4-7-12-21/h4-16,25,27-28,36H,17-20H2,1-3H3/t25-,27-,28+/m0/s1. The number of rotatable bonds is 8. The van der Waals surface area contributed by atoms with Gasteiger partial charge in [0, 0.05) is 22.2 Å². The van der Waals surface area contributed by atoms with Gasteiger partial charge >= 0.3 is 6.09 Å². The van der Waals surface area contributed by atoms with Gasteiger partial charge in [0.1, 0.15) is 17.8 Å². The number of amides is 2. The third-order valence-electron chi connectivity index (χ3n) is 6.69. The molecule has 1 N–H and O–H groups in total. The molecule has 3 atom stereocenters. The van der Waals surface area contributed by atoms with Gasteiger partial charge in [0.05, 0.1) is 6.10 Å². The summed E-state index contributed by atoms with van der Waals surface area (Å²) in [6.07, 6.45) is -1.33. The second-order valence-electron chi connectivity index (χ2n) is 10.7. The highest BCUT2D eigenvalue weighted by Crippen LogP contribution is 2.43. The van der Waals surface area contributed by atoms with Crippen LogP contribution in [0.25, 0.3) is 0 Å². The largest absolute Gasteiger partial charge is 0.443 e. The Bertz CT molecular complexity index is 1260. The summed E-state index contributed by atoms with van der Waals surface area (Å²) in [4.78, 5) is 30.5. The molecule has 1 fully saturated rings. The number of aryl methyl sites for hydroxylation is 1. The molecule has 0 bridgehead atoms. The van der Waals surface area contributed by atoms with Gasteiger partial charge in [0.15, 0.2) is 0 Å². The highest BCUT2D eigenvalue weighted by molar-refractivity contribution is 6.36. The van der Waals surface area contributed by atoms with Crippen molar-refractivity contribution in [1.29, 1.82) is 0 Å². The molecule has 0 unspecified atom stereocenters. The van der Waals surface area contributed by atoms with E-state index in [1.807, 2.05) is 65.6 Å². The number of benzene rings is 3. The van der Waals surface area contributed by atoms with Crippen LogP contribution in [-0.2, 0) is 22.4 Å². The van der Waals surface area contributed by atoms with Crippen molar-refractivity contribution < 1.29 is 19.4 Å². The molecular formula is C31H34Cl2N2O4. The predicted molar refractivity (Wildman–Crippen MR) is 154 cm³/mol. The zero-order valence-electron chi connectivity index (χ0n) is 22.4. The van der Waals surface area contributed by atoms with E-state index in [4.69, 9.17) is 27.9 Å². The lowest BCUT2D eigenvalue weighted by Gasteiger charge is -2.33. The Labute approximate surface area is 240 Å². The van der Waals surface area contributed by atoms with Crippen molar-refractivity contribution in [2.24, 2.45) is 0 Å². The van der Waals surface area contributed by atoms with Crippen LogP contribution in [0.2, 0.25) is 10.0 Å². The molecule has 0 saturated carbocycles. The van der Waals surface area contributed by atoms with E-state index >= 15 is 0 Å². The van der Waals surface area contributed by atoms with Crippen LogP contribution in [0.15, 0.2) is 78.9 Å². The number of ether oxygens (including phenoxy) is 1. The molecule has 1 aliphatic rings. The van der Waals surface area contributed by atoms with Gasteiger partial charge in [-0.1, -0.05) is 89.9 Å². The topological polar surface area (TPSA) is 70.1 Å². The molecule has 1 saturated heterocycles. The van der Waals surface area contributed by atoms with Gasteiger partial charge < -0.3 is 9.84 Å². The Morgan fingerprint density at radius 3 is 1.97 bits per heavy atom. The number of imide groups is 1. The van der Waals surface area contributed by atoms with E-state index in [9.17, 15) is 14.7 Å². The number of aliphatic hydroxyl groups excluding tert-OH is 1. The Balaban J connectivity index is 1.75. The van der Waals surface area contributed by atoms with E-state index in [0.29, 0.717) is 41.4 Å². The third-order valence-corrected chi connectivity index (χ3v) is 7.35. The predicted octanol–water partition coefficient (Wildman–Crippen LogP) is 6.68. The molecule has 39 heavy (non-hydrogen) atoms. The molecule has 6 nitrogen and oxygen atoms in total. The summed E-state index contributed by atoms with van der Waals surface area (Å²) >= 11 is 13.3. The molecule has 0 spiro atoms. The van der Waals surface area contributed by atoms with Gasteiger partial charge in [-0.3, -0.25) is 9.69 Å². The van der Waals surface area contributed by atoms with Crippen molar-refractivity contribution in [2.45, 2.75) is 63.9 Å². The van der Waals surface area contributed by atoms with Crippen LogP contribution in [0.4, 0.5) is 4.79 Å². The van der Waals surface area contributed by atoms with Crippen molar-refractivity contribution in [3.05, 3.63) is 106 Å². The van der Waals surface area contributed by atoms with Crippen LogP contribution >= 0.6 is 23.2 Å². The number of nitrogens with zero attached hydrogens (tertiary/aromatic N) is 2. The normalized spacial score (nSPS) is 18.8. The minimum Gasteiger partial charge on any atom is -0.443 e. The number of hydrogen-bond donors (Lipinski definition) is 1. The SMILES string of the molecule is CC(C)(C)OC(=O)N1C(=O)[C@H]([C@@H](O)CCc2ccccc2)N(CCc2ccccc2)[C@H]1c1c(Cl)cccc1Cl. The van der Waals surface area contributed by atoms with E-state index in [0.717, 1.165) is 16.0 Å². The molecule has 0 aliphatic carbocycles. The number of aliphatic hydroxyl groups is 1. The molecule has 1 heterocycles. The van der Waals surface area contributed by atoms with Crippen LogP contribution in [0.5, 0.6) is 0 Å². The molecule has 2 amide bonds. The Kier molecular flexibility index (Phi) is 9.34. The number of hydrogen-bond acceptors (Lipinski definition) is 5. The van der Waals surface area contributed by atoms with Crippen molar-refractivity contribution in [3.63, 3.8) is 0 Å². The van der Waals surface area contributed by atoms with E-state index in [1.165, 1.54) is 0 Å². The first-order chi connectivity index (χ1) is 18.6. The van der Waals surface area contributed by atoms with Crippen LogP contribution in [0.1, 0.15) is 50.0 Å². The summed E-state index contributed by atoms with van der Waals surface area (Å²) in [7, 11) is 0. The molecular weight excluding hydrogens is 535 g/mol. The van der Waals surface area contributed by atoms with Crippen molar-refractivity contribution in [3.8, 4) is 0 Å². The Morgan fingerprint density at radius 2 is 1.44 bits per heavy atom. The lowest BCUT2D eigenvalue weighted by atomic mass is 10.00. The average Bonchev–Trinajstić information content (AvgIpc) is 3.18. The summed E-state index contributed by atoms with van der Waals surface area (Å²) in [6.45, 7) is 5.58. The van der Waals surface area contributed by atoms with Crippen molar-refractivity contribution in [1.82, 2.24) is 9.80 Å². The van der Waals surface area contributed by atoms with Gasteiger partial charge in [-0.15, -0.1) is 0 Å². The van der Waals surface area contributed by atoms with Crippen molar-refractivity contribution >= 4 is 35.2 Å². The second kappa shape index (κ2) is 12.5. The van der Waals surface area contributed by atoms with Crippen LogP contribution in [-0.4, -0.2) is 51.2 Å². The summed E-state index contributed by atoms with van der Waals surface area (Å²) in [5, 5.41) is 12.1. The number of halogens is 2. The molecule has 3 aromatic carbocycles. The zero-order chi connectivity index (χ0) is 28.2. The van der Waals surface area contributed by atoms with Crippen LogP contribution < -0.4 is 0 Å². The summed E-state index contributed by atoms with van der Waals surface area (Å²) in [5.41, 5.74) is 1.69. The smallest absolute Gasteiger partial charge is 0.418 e. The lowest BCUT2D eigenvalue weighted by molar-refractivity contribution is -0.131. The molecule has 8 heteroatoms. The highest BCUT2D eigenvalue weighted by Gasteiger charge is 2.54. The first-order valence-corrected chi connectivity index (χ1v) is 13.8. The summed E-state index contributed by atoms with van der Waals surface area (Å²) in [6, 6.07) is 23.7. The zero-order valence-corrected chi connectivity index (χ0v) is 23.9. The number of carbonyl (C=O) groups is 2. The fraction of sp³-hybridized carbons (Fsp3) is 0.355. The number of carbonyl (C=O) groups excluding carboxylic acids is 2. The molecule has 0 aromatic heterocycles. The average molecular weight is 570 g/mol. The molecule has 4 rings (SSSR count). The van der Waals surface area contributed by atoms with Gasteiger partial charge in [-0.2, -0.15) is 0 Å². The van der Waals surface area contributed by atoms with Gasteiger partial charge in [-0.25, -0.2) is 9.69 Å². The monoisotopic (exact) mass is 568 g/mol. The second-order valence-corrected chi connectivity index (χ2v) is 11.5. The minimum absolute atomic E-state index is 0.318. The van der Waals surface area contributed by atoms with Gasteiger partial charge in [0.25, 0.3) is 5.91 Å². The molecule has 0 radical (unpaired) electrons. The fourth-order valence-electron chi connectivity index (χ4n) is 4.93. The molecule has 3 aromatic rings. The first kappa shape index (κ1) is 29.1. The molecule has 1 aliphatic heterocycles. The van der Waals surface area contributed by atoms with Gasteiger partial charge in [-0.05, 0) is 63.3 Å². The van der Waals surface area contributed by atoms with Gasteiger partial charge in [0.2, 0.25) is 0 Å². The third kappa shape index (κ3) is 7.00. The summed E-state index contributed by atoms with van der Waals surface area (Å²) in [5.74, 6) is -0.543. The quantitative estimate of drug-likeness (QED) is 0.328. The van der Waals surface area contributed by atoms with Crippen LogP contribution in [0.3, 0.4) is 0 Å². The maximum Gasteiger partial charge on any atom is 0.418 e. The Hall–Kier alpha value is -2.90. The van der Waals surface area contributed by atoms with Crippen LogP contribution in [0, 0.1) is 0 Å². The first-order valence-electron chi connectivity index (χ1n) is 13.1. The maximum absolute atomic E-state index is 14.1.